The van der Waals surface area contributed by atoms with E-state index in [2.05, 4.69) is 5.32 Å². The van der Waals surface area contributed by atoms with E-state index in [0.717, 1.165) is 6.07 Å². The van der Waals surface area contributed by atoms with Crippen molar-refractivity contribution in [3.63, 3.8) is 0 Å². The third kappa shape index (κ3) is 3.49. The first-order valence-corrected chi connectivity index (χ1v) is 7.94. The number of halogens is 3. The number of nitrogen functional groups attached to an aromatic ring is 1. The average molecular weight is 359 g/mol. The maximum atomic E-state index is 13.2. The number of carbonyl (C=O) groups excluding carboxylic acids is 1. The van der Waals surface area contributed by atoms with Gasteiger partial charge in [0.05, 0.1) is 5.69 Å². The van der Waals surface area contributed by atoms with Gasteiger partial charge in [-0.2, -0.15) is 0 Å². The van der Waals surface area contributed by atoms with Crippen LogP contribution in [0.3, 0.4) is 0 Å². The van der Waals surface area contributed by atoms with E-state index >= 15 is 0 Å². The van der Waals surface area contributed by atoms with Crippen LogP contribution >= 0.6 is 0 Å². The molecule has 0 aliphatic carbocycles. The second-order valence-electron chi connectivity index (χ2n) is 4.96. The van der Waals surface area contributed by atoms with Crippen LogP contribution in [0.15, 0.2) is 29.2 Å². The third-order valence-electron chi connectivity index (χ3n) is 3.15. The number of hydrogen-bond acceptors (Lipinski definition) is 4. The van der Waals surface area contributed by atoms with Crippen LogP contribution in [0.25, 0.3) is 0 Å². The molecule has 10 heteroatoms. The van der Waals surface area contributed by atoms with Gasteiger partial charge in [-0.05, 0) is 24.6 Å². The van der Waals surface area contributed by atoms with Crippen LogP contribution in [-0.4, -0.2) is 14.3 Å². The molecule has 0 spiro atoms. The molecule has 0 atom stereocenters. The molecule has 24 heavy (non-hydrogen) atoms. The molecule has 128 valence electrons. The molecule has 5 N–H and O–H groups in total. The zero-order valence-corrected chi connectivity index (χ0v) is 13.0. The standard InChI is InChI=1S/C14H12F3N3O3S/c1-6-2-11(18)12(24(19,22)23)5-8(6)14(21)20-7-3-9(15)13(17)10(16)4-7/h2-5H,18H2,1H3,(H,20,21)(H2,19,22,23). The van der Waals surface area contributed by atoms with Crippen LogP contribution in [0.5, 0.6) is 0 Å². The minimum Gasteiger partial charge on any atom is -0.398 e. The molecule has 0 fully saturated rings. The molecule has 2 aromatic carbocycles. The Labute approximate surface area is 135 Å². The van der Waals surface area contributed by atoms with Crippen molar-refractivity contribution in [3.05, 3.63) is 52.8 Å². The van der Waals surface area contributed by atoms with Crippen molar-refractivity contribution in [1.82, 2.24) is 0 Å². The van der Waals surface area contributed by atoms with E-state index in [0.29, 0.717) is 17.7 Å². The SMILES string of the molecule is Cc1cc(N)c(S(N)(=O)=O)cc1C(=O)Nc1cc(F)c(F)c(F)c1. The van der Waals surface area contributed by atoms with Gasteiger partial charge in [-0.1, -0.05) is 0 Å². The number of sulfonamides is 1. The Morgan fingerprint density at radius 1 is 1.08 bits per heavy atom. The molecule has 6 nitrogen and oxygen atoms in total. The van der Waals surface area contributed by atoms with Gasteiger partial charge in [-0.3, -0.25) is 4.79 Å². The molecule has 0 unspecified atom stereocenters. The predicted molar refractivity (Wildman–Crippen MR) is 81.2 cm³/mol. The number of benzene rings is 2. The highest BCUT2D eigenvalue weighted by atomic mass is 32.2. The summed E-state index contributed by atoms with van der Waals surface area (Å²) in [5.41, 5.74) is 5.24. The van der Waals surface area contributed by atoms with Crippen molar-refractivity contribution in [1.29, 1.82) is 0 Å². The van der Waals surface area contributed by atoms with E-state index in [4.69, 9.17) is 10.9 Å². The van der Waals surface area contributed by atoms with Gasteiger partial charge in [0.15, 0.2) is 17.5 Å². The maximum absolute atomic E-state index is 13.2. The average Bonchev–Trinajstić information content (AvgIpc) is 2.43. The molecule has 0 aliphatic rings. The van der Waals surface area contributed by atoms with Crippen molar-refractivity contribution in [3.8, 4) is 0 Å². The zero-order valence-electron chi connectivity index (χ0n) is 12.2. The van der Waals surface area contributed by atoms with Gasteiger partial charge < -0.3 is 11.1 Å². The summed E-state index contributed by atoms with van der Waals surface area (Å²) in [7, 11) is -4.17. The lowest BCUT2D eigenvalue weighted by Crippen LogP contribution is -2.18. The van der Waals surface area contributed by atoms with E-state index in [9.17, 15) is 26.4 Å². The number of nitrogens with one attached hydrogen (secondary N) is 1. The summed E-state index contributed by atoms with van der Waals surface area (Å²) >= 11 is 0. The van der Waals surface area contributed by atoms with E-state index < -0.39 is 38.3 Å². The Bertz CT molecular complexity index is 923. The monoisotopic (exact) mass is 359 g/mol. The number of anilines is 2. The van der Waals surface area contributed by atoms with E-state index in [1.165, 1.54) is 13.0 Å². The van der Waals surface area contributed by atoms with Gasteiger partial charge >= 0.3 is 0 Å². The van der Waals surface area contributed by atoms with E-state index in [1.54, 1.807) is 0 Å². The van der Waals surface area contributed by atoms with Crippen molar-refractivity contribution >= 4 is 27.3 Å². The lowest BCUT2D eigenvalue weighted by atomic mass is 10.1. The number of aryl methyl sites for hydroxylation is 1. The fraction of sp³-hybridized carbons (Fsp3) is 0.0714. The molecule has 0 saturated carbocycles. The predicted octanol–water partition coefficient (Wildman–Crippen LogP) is 1.89. The molecule has 0 radical (unpaired) electrons. The first kappa shape index (κ1) is 17.8. The first-order chi connectivity index (χ1) is 11.0. The highest BCUT2D eigenvalue weighted by molar-refractivity contribution is 7.89. The molecular formula is C14H12F3N3O3S. The minimum atomic E-state index is -4.17. The summed E-state index contributed by atoms with van der Waals surface area (Å²) in [4.78, 5) is 11.7. The normalized spacial score (nSPS) is 11.4. The Kier molecular flexibility index (Phi) is 4.54. The van der Waals surface area contributed by atoms with Gasteiger partial charge in [-0.25, -0.2) is 26.7 Å². The Balaban J connectivity index is 2.44. The number of rotatable bonds is 3. The summed E-state index contributed by atoms with van der Waals surface area (Å²) in [5.74, 6) is -5.51. The molecule has 0 heterocycles. The second kappa shape index (κ2) is 6.13. The van der Waals surface area contributed by atoms with Crippen LogP contribution in [0.4, 0.5) is 24.5 Å². The summed E-state index contributed by atoms with van der Waals surface area (Å²) in [6, 6.07) is 3.35. The molecule has 1 amide bonds. The summed E-state index contributed by atoms with van der Waals surface area (Å²) < 4.78 is 62.1. The van der Waals surface area contributed by atoms with Gasteiger partial charge in [0.1, 0.15) is 4.90 Å². The second-order valence-corrected chi connectivity index (χ2v) is 6.49. The molecule has 2 rings (SSSR count). The highest BCUT2D eigenvalue weighted by Gasteiger charge is 2.19. The highest BCUT2D eigenvalue weighted by Crippen LogP contribution is 2.24. The number of hydrogen-bond donors (Lipinski definition) is 3. The Morgan fingerprint density at radius 3 is 2.12 bits per heavy atom. The number of carbonyl (C=O) groups is 1. The topological polar surface area (TPSA) is 115 Å². The summed E-state index contributed by atoms with van der Waals surface area (Å²) in [6.45, 7) is 1.48. The largest absolute Gasteiger partial charge is 0.398 e. The smallest absolute Gasteiger partial charge is 0.255 e. The van der Waals surface area contributed by atoms with Crippen LogP contribution in [-0.2, 0) is 10.0 Å². The fourth-order valence-corrected chi connectivity index (χ4v) is 2.70. The summed E-state index contributed by atoms with van der Waals surface area (Å²) in [5, 5.41) is 7.15. The summed E-state index contributed by atoms with van der Waals surface area (Å²) in [6.07, 6.45) is 0. The van der Waals surface area contributed by atoms with Crippen LogP contribution in [0, 0.1) is 24.4 Å². The first-order valence-electron chi connectivity index (χ1n) is 6.39. The zero-order chi connectivity index (χ0) is 18.2. The van der Waals surface area contributed by atoms with Crippen LogP contribution < -0.4 is 16.2 Å². The van der Waals surface area contributed by atoms with Crippen molar-refractivity contribution in [2.45, 2.75) is 11.8 Å². The number of amides is 1. The van der Waals surface area contributed by atoms with E-state index in [-0.39, 0.29) is 16.9 Å². The molecule has 0 aromatic heterocycles. The molecule has 0 bridgehead atoms. The van der Waals surface area contributed by atoms with Crippen molar-refractivity contribution in [2.75, 3.05) is 11.1 Å². The lowest BCUT2D eigenvalue weighted by molar-refractivity contribution is 0.102. The van der Waals surface area contributed by atoms with Gasteiger partial charge in [0, 0.05) is 23.4 Å². The van der Waals surface area contributed by atoms with Gasteiger partial charge in [0.25, 0.3) is 5.91 Å². The van der Waals surface area contributed by atoms with Crippen LogP contribution in [0.1, 0.15) is 15.9 Å². The minimum absolute atomic E-state index is 0.127. The molecule has 0 saturated heterocycles. The quantitative estimate of drug-likeness (QED) is 0.573. The Hall–Kier alpha value is -2.59. The Morgan fingerprint density at radius 2 is 1.62 bits per heavy atom. The maximum Gasteiger partial charge on any atom is 0.255 e. The third-order valence-corrected chi connectivity index (χ3v) is 4.12. The van der Waals surface area contributed by atoms with E-state index in [1.807, 2.05) is 0 Å². The van der Waals surface area contributed by atoms with Crippen molar-refractivity contribution in [2.24, 2.45) is 5.14 Å². The molecular weight excluding hydrogens is 347 g/mol. The fourth-order valence-electron chi connectivity index (χ4n) is 2.03. The van der Waals surface area contributed by atoms with Gasteiger partial charge in [0.2, 0.25) is 10.0 Å². The molecule has 2 aromatic rings. The van der Waals surface area contributed by atoms with Gasteiger partial charge in [-0.15, -0.1) is 0 Å². The van der Waals surface area contributed by atoms with Crippen LogP contribution in [0.2, 0.25) is 0 Å². The lowest BCUT2D eigenvalue weighted by Gasteiger charge is -2.11. The number of primary sulfonamides is 1. The molecule has 0 aliphatic heterocycles. The van der Waals surface area contributed by atoms with Crippen molar-refractivity contribution < 1.29 is 26.4 Å². The number of nitrogens with two attached hydrogens (primary N) is 2.